The van der Waals surface area contributed by atoms with Crippen molar-refractivity contribution in [1.82, 2.24) is 19.9 Å². The molecule has 4 rings (SSSR count). The topological polar surface area (TPSA) is 77.7 Å². The predicted octanol–water partition coefficient (Wildman–Crippen LogP) is 2.12. The molecule has 8 nitrogen and oxygen atoms in total. The standard InChI is InChI=1S/C21H30N6O2/c1-17-13-19(24-29-17)15-25-9-11-26(12-10-25)16-21(28)23-18-5-6-20(22-14-18)27-7-3-2-4-8-27/h5-6,13-14H,2-4,7-12,15-16H2,1H3,(H,23,28). The summed E-state index contributed by atoms with van der Waals surface area (Å²) in [5.41, 5.74) is 1.73. The molecule has 2 fully saturated rings. The molecule has 156 valence electrons. The summed E-state index contributed by atoms with van der Waals surface area (Å²) in [6, 6.07) is 5.93. The van der Waals surface area contributed by atoms with E-state index in [4.69, 9.17) is 4.52 Å². The van der Waals surface area contributed by atoms with Crippen molar-refractivity contribution in [2.24, 2.45) is 0 Å². The molecule has 0 aromatic carbocycles. The number of anilines is 2. The molecule has 1 N–H and O–H groups in total. The van der Waals surface area contributed by atoms with Crippen molar-refractivity contribution in [3.05, 3.63) is 35.9 Å². The molecule has 2 saturated heterocycles. The van der Waals surface area contributed by atoms with E-state index in [1.54, 1.807) is 6.20 Å². The fourth-order valence-electron chi connectivity index (χ4n) is 4.00. The second-order valence-corrected chi connectivity index (χ2v) is 7.98. The van der Waals surface area contributed by atoms with Crippen LogP contribution in [0.3, 0.4) is 0 Å². The summed E-state index contributed by atoms with van der Waals surface area (Å²) in [4.78, 5) is 23.8. The van der Waals surface area contributed by atoms with Gasteiger partial charge in [0, 0.05) is 51.9 Å². The molecule has 8 heteroatoms. The minimum absolute atomic E-state index is 0.0121. The normalized spacial score (nSPS) is 18.7. The predicted molar refractivity (Wildman–Crippen MR) is 112 cm³/mol. The van der Waals surface area contributed by atoms with Gasteiger partial charge in [0.15, 0.2) is 0 Å². The number of carbonyl (C=O) groups excluding carboxylic acids is 1. The zero-order chi connectivity index (χ0) is 20.1. The van der Waals surface area contributed by atoms with E-state index in [-0.39, 0.29) is 5.91 Å². The monoisotopic (exact) mass is 398 g/mol. The van der Waals surface area contributed by atoms with Crippen LogP contribution in [0.25, 0.3) is 0 Å². The third-order valence-corrected chi connectivity index (χ3v) is 5.61. The lowest BCUT2D eigenvalue weighted by molar-refractivity contribution is -0.117. The fraction of sp³-hybridized carbons (Fsp3) is 0.571. The third kappa shape index (κ3) is 5.55. The highest BCUT2D eigenvalue weighted by molar-refractivity contribution is 5.92. The van der Waals surface area contributed by atoms with Gasteiger partial charge in [0.2, 0.25) is 5.91 Å². The number of aromatic nitrogens is 2. The van der Waals surface area contributed by atoms with Crippen molar-refractivity contribution in [3.63, 3.8) is 0 Å². The maximum atomic E-state index is 12.4. The van der Waals surface area contributed by atoms with Crippen molar-refractivity contribution >= 4 is 17.4 Å². The van der Waals surface area contributed by atoms with Crippen LogP contribution < -0.4 is 10.2 Å². The maximum Gasteiger partial charge on any atom is 0.238 e. The van der Waals surface area contributed by atoms with E-state index < -0.39 is 0 Å². The number of piperidine rings is 1. The van der Waals surface area contributed by atoms with E-state index in [9.17, 15) is 4.79 Å². The lowest BCUT2D eigenvalue weighted by atomic mass is 10.1. The van der Waals surface area contributed by atoms with Gasteiger partial charge in [-0.25, -0.2) is 4.98 Å². The van der Waals surface area contributed by atoms with Crippen molar-refractivity contribution in [3.8, 4) is 0 Å². The Morgan fingerprint density at radius 2 is 1.83 bits per heavy atom. The van der Waals surface area contributed by atoms with Gasteiger partial charge >= 0.3 is 0 Å². The first-order chi connectivity index (χ1) is 14.2. The molecule has 0 radical (unpaired) electrons. The lowest BCUT2D eigenvalue weighted by Crippen LogP contribution is -2.48. The highest BCUT2D eigenvalue weighted by atomic mass is 16.5. The number of hydrogen-bond donors (Lipinski definition) is 1. The van der Waals surface area contributed by atoms with Gasteiger partial charge in [-0.3, -0.25) is 14.6 Å². The summed E-state index contributed by atoms with van der Waals surface area (Å²) in [6.07, 6.45) is 5.52. The van der Waals surface area contributed by atoms with Crippen LogP contribution in [0.15, 0.2) is 28.9 Å². The van der Waals surface area contributed by atoms with Crippen molar-refractivity contribution in [2.45, 2.75) is 32.7 Å². The van der Waals surface area contributed by atoms with E-state index in [0.29, 0.717) is 6.54 Å². The summed E-state index contributed by atoms with van der Waals surface area (Å²) < 4.78 is 5.13. The van der Waals surface area contributed by atoms with Gasteiger partial charge in [-0.05, 0) is 38.3 Å². The van der Waals surface area contributed by atoms with Crippen LogP contribution in [0.4, 0.5) is 11.5 Å². The Bertz CT molecular complexity index is 792. The SMILES string of the molecule is Cc1cc(CN2CCN(CC(=O)Nc3ccc(N4CCCCC4)nc3)CC2)no1. The molecule has 1 amide bonds. The minimum atomic E-state index is 0.0121. The first kappa shape index (κ1) is 19.8. The van der Waals surface area contributed by atoms with Crippen LogP contribution in [-0.2, 0) is 11.3 Å². The molecule has 2 aromatic rings. The van der Waals surface area contributed by atoms with Crippen LogP contribution in [0.5, 0.6) is 0 Å². The van der Waals surface area contributed by atoms with Gasteiger partial charge in [0.25, 0.3) is 0 Å². The van der Waals surface area contributed by atoms with Crippen LogP contribution in [0.1, 0.15) is 30.7 Å². The van der Waals surface area contributed by atoms with Crippen LogP contribution in [0, 0.1) is 6.92 Å². The van der Waals surface area contributed by atoms with Crippen LogP contribution in [-0.4, -0.2) is 71.7 Å². The van der Waals surface area contributed by atoms with Gasteiger partial charge in [-0.1, -0.05) is 5.16 Å². The molecule has 0 unspecified atom stereocenters. The molecule has 0 saturated carbocycles. The second kappa shape index (κ2) is 9.37. The summed E-state index contributed by atoms with van der Waals surface area (Å²) in [7, 11) is 0. The highest BCUT2D eigenvalue weighted by Crippen LogP contribution is 2.19. The number of amides is 1. The van der Waals surface area contributed by atoms with Crippen LogP contribution >= 0.6 is 0 Å². The van der Waals surface area contributed by atoms with Gasteiger partial charge < -0.3 is 14.7 Å². The highest BCUT2D eigenvalue weighted by Gasteiger charge is 2.20. The summed E-state index contributed by atoms with van der Waals surface area (Å²) >= 11 is 0. The maximum absolute atomic E-state index is 12.4. The molecule has 0 aliphatic carbocycles. The van der Waals surface area contributed by atoms with Gasteiger partial charge in [0.1, 0.15) is 11.6 Å². The van der Waals surface area contributed by atoms with Crippen molar-refractivity contribution < 1.29 is 9.32 Å². The Balaban J connectivity index is 1.20. The first-order valence-corrected chi connectivity index (χ1v) is 10.5. The van der Waals surface area contributed by atoms with Crippen molar-refractivity contribution in [1.29, 1.82) is 0 Å². The smallest absolute Gasteiger partial charge is 0.238 e. The molecule has 29 heavy (non-hydrogen) atoms. The number of carbonyl (C=O) groups is 1. The number of aryl methyl sites for hydroxylation is 1. The Morgan fingerprint density at radius 1 is 1.07 bits per heavy atom. The molecule has 4 heterocycles. The van der Waals surface area contributed by atoms with E-state index in [0.717, 1.165) is 68.8 Å². The Labute approximate surface area is 171 Å². The summed E-state index contributed by atoms with van der Waals surface area (Å²) in [5.74, 6) is 1.85. The average molecular weight is 399 g/mol. The lowest BCUT2D eigenvalue weighted by Gasteiger charge is -2.33. The number of nitrogens with zero attached hydrogens (tertiary/aromatic N) is 5. The number of pyridine rings is 1. The molecule has 0 atom stereocenters. The zero-order valence-corrected chi connectivity index (χ0v) is 17.1. The van der Waals surface area contributed by atoms with E-state index >= 15 is 0 Å². The Morgan fingerprint density at radius 3 is 2.48 bits per heavy atom. The first-order valence-electron chi connectivity index (χ1n) is 10.5. The quantitative estimate of drug-likeness (QED) is 0.799. The van der Waals surface area contributed by atoms with E-state index in [1.165, 1.54) is 19.3 Å². The van der Waals surface area contributed by atoms with E-state index in [2.05, 4.69) is 30.2 Å². The number of rotatable bonds is 6. The number of nitrogens with one attached hydrogen (secondary N) is 1. The molecule has 2 aliphatic heterocycles. The molecule has 0 spiro atoms. The minimum Gasteiger partial charge on any atom is -0.361 e. The van der Waals surface area contributed by atoms with Gasteiger partial charge in [-0.15, -0.1) is 0 Å². The van der Waals surface area contributed by atoms with Crippen LogP contribution in [0.2, 0.25) is 0 Å². The largest absolute Gasteiger partial charge is 0.361 e. The Hall–Kier alpha value is -2.45. The van der Waals surface area contributed by atoms with Gasteiger partial charge in [-0.2, -0.15) is 0 Å². The number of hydrogen-bond acceptors (Lipinski definition) is 7. The second-order valence-electron chi connectivity index (χ2n) is 7.98. The summed E-state index contributed by atoms with van der Waals surface area (Å²) in [6.45, 7) is 8.84. The summed E-state index contributed by atoms with van der Waals surface area (Å²) in [5, 5.41) is 7.03. The van der Waals surface area contributed by atoms with E-state index in [1.807, 2.05) is 25.1 Å². The molecule has 0 bridgehead atoms. The van der Waals surface area contributed by atoms with Crippen molar-refractivity contribution in [2.75, 3.05) is 56.0 Å². The molecular weight excluding hydrogens is 368 g/mol. The number of piperazine rings is 1. The Kier molecular flexibility index (Phi) is 6.41. The molecule has 2 aliphatic rings. The van der Waals surface area contributed by atoms with Gasteiger partial charge in [0.05, 0.1) is 24.1 Å². The fourth-order valence-corrected chi connectivity index (χ4v) is 4.00. The average Bonchev–Trinajstić information content (AvgIpc) is 3.15. The zero-order valence-electron chi connectivity index (χ0n) is 17.1. The third-order valence-electron chi connectivity index (χ3n) is 5.61. The molecule has 2 aromatic heterocycles. The molecular formula is C21H30N6O2.